The molecule has 0 aliphatic carbocycles. The first-order valence-corrected chi connectivity index (χ1v) is 10.0. The summed E-state index contributed by atoms with van der Waals surface area (Å²) in [4.78, 5) is 40.0. The van der Waals surface area contributed by atoms with Crippen LogP contribution in [0.4, 0.5) is 0 Å². The largest absolute Gasteiger partial charge is 0.448 e. The number of halogens is 1. The first-order valence-electron chi connectivity index (χ1n) is 9.67. The average Bonchev–Trinajstić information content (AvgIpc) is 2.80. The molecule has 5 nitrogen and oxygen atoms in total. The van der Waals surface area contributed by atoms with Gasteiger partial charge in [-0.25, -0.2) is 4.79 Å². The van der Waals surface area contributed by atoms with Crippen LogP contribution in [-0.4, -0.2) is 35.2 Å². The fraction of sp³-hybridized carbons (Fsp3) is 0.0800. The van der Waals surface area contributed by atoms with Gasteiger partial charge in [0, 0.05) is 16.7 Å². The Morgan fingerprint density at radius 1 is 0.871 bits per heavy atom. The molecule has 1 amide bonds. The van der Waals surface area contributed by atoms with Crippen molar-refractivity contribution < 1.29 is 19.1 Å². The molecule has 0 saturated carbocycles. The second-order valence-corrected chi connectivity index (χ2v) is 7.42. The van der Waals surface area contributed by atoms with Crippen molar-refractivity contribution in [3.63, 3.8) is 0 Å². The summed E-state index contributed by atoms with van der Waals surface area (Å²) in [6, 6.07) is 24.1. The Kier molecular flexibility index (Phi) is 5.96. The molecular weight excluding hydrogens is 414 g/mol. The van der Waals surface area contributed by atoms with Crippen LogP contribution in [0.3, 0.4) is 0 Å². The van der Waals surface area contributed by atoms with Crippen molar-refractivity contribution in [3.8, 4) is 0 Å². The molecule has 3 aromatic carbocycles. The number of hydrogen-bond donors (Lipinski definition) is 0. The van der Waals surface area contributed by atoms with Crippen LogP contribution < -0.4 is 0 Å². The number of amides is 1. The highest BCUT2D eigenvalue weighted by Crippen LogP contribution is 2.28. The topological polar surface area (TPSA) is 63.7 Å². The molecule has 6 heteroatoms. The van der Waals surface area contributed by atoms with E-state index in [9.17, 15) is 14.4 Å². The quantitative estimate of drug-likeness (QED) is 0.565. The van der Waals surface area contributed by atoms with Crippen molar-refractivity contribution in [1.82, 2.24) is 4.90 Å². The molecule has 0 aromatic heterocycles. The average molecular weight is 432 g/mol. The van der Waals surface area contributed by atoms with Crippen molar-refractivity contribution in [1.29, 1.82) is 0 Å². The molecule has 0 bridgehead atoms. The summed E-state index contributed by atoms with van der Waals surface area (Å²) in [5.74, 6) is -1.32. The minimum absolute atomic E-state index is 0.0938. The number of rotatable bonds is 4. The van der Waals surface area contributed by atoms with Gasteiger partial charge in [-0.05, 0) is 42.0 Å². The van der Waals surface area contributed by atoms with Gasteiger partial charge >= 0.3 is 5.97 Å². The monoisotopic (exact) mass is 431 g/mol. The number of hydrogen-bond acceptors (Lipinski definition) is 4. The van der Waals surface area contributed by atoms with E-state index in [4.69, 9.17) is 16.3 Å². The summed E-state index contributed by atoms with van der Waals surface area (Å²) >= 11 is 6.13. The number of ether oxygens (including phenoxy) is 1. The third-order valence-corrected chi connectivity index (χ3v) is 5.12. The zero-order valence-corrected chi connectivity index (χ0v) is 17.2. The molecule has 0 saturated heterocycles. The zero-order chi connectivity index (χ0) is 21.8. The molecule has 1 atom stereocenters. The van der Waals surface area contributed by atoms with Crippen LogP contribution in [0.15, 0.2) is 91.0 Å². The molecule has 1 unspecified atom stereocenters. The van der Waals surface area contributed by atoms with Crippen LogP contribution in [0.1, 0.15) is 26.3 Å². The Balaban J connectivity index is 1.68. The molecule has 0 radical (unpaired) electrons. The summed E-state index contributed by atoms with van der Waals surface area (Å²) in [7, 11) is 0. The van der Waals surface area contributed by atoms with Gasteiger partial charge in [-0.15, -0.1) is 0 Å². The lowest BCUT2D eigenvalue weighted by Gasteiger charge is -2.32. The summed E-state index contributed by atoms with van der Waals surface area (Å²) in [5, 5.41) is 0.482. The lowest BCUT2D eigenvalue weighted by atomic mass is 10.0. The summed E-state index contributed by atoms with van der Waals surface area (Å²) in [6.45, 7) is -0.0938. The SMILES string of the molecule is O=C(OC1CN(C(=O)c2ccccc2)C(c2cccc(Cl)c2)=CC1=O)c1ccccc1. The normalized spacial score (nSPS) is 15.9. The van der Waals surface area contributed by atoms with E-state index in [2.05, 4.69) is 0 Å². The number of ketones is 1. The molecule has 154 valence electrons. The maximum atomic E-state index is 13.3. The maximum absolute atomic E-state index is 13.3. The van der Waals surface area contributed by atoms with E-state index >= 15 is 0 Å². The van der Waals surface area contributed by atoms with Gasteiger partial charge in [0.05, 0.1) is 17.8 Å². The third-order valence-electron chi connectivity index (χ3n) is 4.88. The number of esters is 1. The van der Waals surface area contributed by atoms with Gasteiger partial charge in [0.2, 0.25) is 0 Å². The Hall–Kier alpha value is -3.70. The number of carbonyl (C=O) groups is 3. The van der Waals surface area contributed by atoms with Gasteiger partial charge in [-0.2, -0.15) is 0 Å². The van der Waals surface area contributed by atoms with Crippen LogP contribution in [-0.2, 0) is 9.53 Å². The maximum Gasteiger partial charge on any atom is 0.338 e. The molecule has 3 aromatic rings. The van der Waals surface area contributed by atoms with E-state index in [1.54, 1.807) is 78.9 Å². The van der Waals surface area contributed by atoms with E-state index in [-0.39, 0.29) is 12.5 Å². The van der Waals surface area contributed by atoms with E-state index in [1.165, 1.54) is 11.0 Å². The lowest BCUT2D eigenvalue weighted by Crippen LogP contribution is -2.45. The molecule has 1 aliphatic heterocycles. The van der Waals surface area contributed by atoms with Crippen molar-refractivity contribution >= 4 is 35.0 Å². The fourth-order valence-corrected chi connectivity index (χ4v) is 3.53. The first kappa shape index (κ1) is 20.6. The molecule has 1 aliphatic rings. The Morgan fingerprint density at radius 2 is 1.52 bits per heavy atom. The minimum Gasteiger partial charge on any atom is -0.448 e. The molecule has 4 rings (SSSR count). The second kappa shape index (κ2) is 8.98. The van der Waals surface area contributed by atoms with Crippen LogP contribution in [0.5, 0.6) is 0 Å². The van der Waals surface area contributed by atoms with Crippen molar-refractivity contribution in [2.24, 2.45) is 0 Å². The summed E-state index contributed by atoms with van der Waals surface area (Å²) < 4.78 is 5.46. The highest BCUT2D eigenvalue weighted by atomic mass is 35.5. The summed E-state index contributed by atoms with van der Waals surface area (Å²) in [5.41, 5.74) is 1.82. The van der Waals surface area contributed by atoms with Gasteiger partial charge < -0.3 is 9.64 Å². The minimum atomic E-state index is -1.11. The van der Waals surface area contributed by atoms with Crippen LogP contribution in [0, 0.1) is 0 Å². The first-order chi connectivity index (χ1) is 15.0. The molecular formula is C25H18ClNO4. The van der Waals surface area contributed by atoms with E-state index in [0.29, 0.717) is 27.4 Å². The predicted molar refractivity (Wildman–Crippen MR) is 118 cm³/mol. The molecule has 0 N–H and O–H groups in total. The Morgan fingerprint density at radius 3 is 2.16 bits per heavy atom. The molecule has 1 heterocycles. The Bertz CT molecular complexity index is 1160. The lowest BCUT2D eigenvalue weighted by molar-refractivity contribution is -0.123. The second-order valence-electron chi connectivity index (χ2n) is 6.98. The van der Waals surface area contributed by atoms with Crippen molar-refractivity contribution in [2.75, 3.05) is 6.54 Å². The van der Waals surface area contributed by atoms with E-state index in [0.717, 1.165) is 0 Å². The highest BCUT2D eigenvalue weighted by molar-refractivity contribution is 6.30. The van der Waals surface area contributed by atoms with Gasteiger partial charge in [0.15, 0.2) is 11.9 Å². The summed E-state index contributed by atoms with van der Waals surface area (Å²) in [6.07, 6.45) is 0.224. The van der Waals surface area contributed by atoms with Crippen LogP contribution in [0.25, 0.3) is 5.70 Å². The molecule has 0 fully saturated rings. The number of carbonyl (C=O) groups excluding carboxylic acids is 3. The van der Waals surface area contributed by atoms with Crippen molar-refractivity contribution in [2.45, 2.75) is 6.10 Å². The van der Waals surface area contributed by atoms with Gasteiger partial charge in [0.25, 0.3) is 5.91 Å². The Labute approximate surface area is 184 Å². The molecule has 31 heavy (non-hydrogen) atoms. The van der Waals surface area contributed by atoms with E-state index < -0.39 is 17.9 Å². The molecule has 0 spiro atoms. The number of benzene rings is 3. The van der Waals surface area contributed by atoms with Gasteiger partial charge in [-0.3, -0.25) is 9.59 Å². The van der Waals surface area contributed by atoms with Crippen LogP contribution >= 0.6 is 11.6 Å². The smallest absolute Gasteiger partial charge is 0.338 e. The highest BCUT2D eigenvalue weighted by Gasteiger charge is 2.35. The zero-order valence-electron chi connectivity index (χ0n) is 16.4. The van der Waals surface area contributed by atoms with Gasteiger partial charge in [0.1, 0.15) is 0 Å². The fourth-order valence-electron chi connectivity index (χ4n) is 3.34. The van der Waals surface area contributed by atoms with Crippen LogP contribution in [0.2, 0.25) is 5.02 Å². The van der Waals surface area contributed by atoms with Gasteiger partial charge in [-0.1, -0.05) is 60.1 Å². The third kappa shape index (κ3) is 4.57. The van der Waals surface area contributed by atoms with Crippen molar-refractivity contribution in [3.05, 3.63) is 113 Å². The standard InChI is InChI=1S/C25H18ClNO4/c26-20-13-7-12-19(14-20)21-15-22(28)23(31-25(30)18-10-5-2-6-11-18)16-27(21)24(29)17-8-3-1-4-9-17/h1-15,23H,16H2. The van der Waals surface area contributed by atoms with E-state index in [1.807, 2.05) is 6.07 Å². The predicted octanol–water partition coefficient (Wildman–Crippen LogP) is 4.63. The number of nitrogens with zero attached hydrogens (tertiary/aromatic N) is 1.